The number of amides is 3. The minimum Gasteiger partial charge on any atom is -0.508 e. The Labute approximate surface area is 218 Å². The Hall–Kier alpha value is -3.90. The van der Waals surface area contributed by atoms with E-state index in [0.717, 1.165) is 23.1 Å². The summed E-state index contributed by atoms with van der Waals surface area (Å²) < 4.78 is 6.23. The number of phenols is 1. The van der Waals surface area contributed by atoms with E-state index in [-0.39, 0.29) is 18.9 Å². The Kier molecular flexibility index (Phi) is 6.61. The van der Waals surface area contributed by atoms with Crippen LogP contribution < -0.4 is 15.5 Å². The molecule has 3 amide bonds. The van der Waals surface area contributed by atoms with Crippen molar-refractivity contribution in [3.05, 3.63) is 74.2 Å². The molecule has 3 aromatic rings. The van der Waals surface area contributed by atoms with E-state index >= 15 is 0 Å². The van der Waals surface area contributed by atoms with Crippen molar-refractivity contribution >= 4 is 52.5 Å². The summed E-state index contributed by atoms with van der Waals surface area (Å²) >= 11 is 1.97. The molecule has 0 bridgehead atoms. The molecule has 37 heavy (non-hydrogen) atoms. The summed E-state index contributed by atoms with van der Waals surface area (Å²) in [6, 6.07) is 12.7. The number of nitrogens with one attached hydrogen (secondary N) is 2. The fourth-order valence-electron chi connectivity index (χ4n) is 4.51. The second-order valence-corrected chi connectivity index (χ2v) is 10.5. The van der Waals surface area contributed by atoms with Crippen LogP contribution in [0.15, 0.2) is 58.4 Å². The number of benzene rings is 2. The fourth-order valence-corrected chi connectivity index (χ4v) is 7.24. The number of imide groups is 1. The third-order valence-corrected chi connectivity index (χ3v) is 8.76. The number of ether oxygens (including phenoxy) is 1. The van der Waals surface area contributed by atoms with Crippen molar-refractivity contribution in [1.29, 1.82) is 0 Å². The predicted molar refractivity (Wildman–Crippen MR) is 136 cm³/mol. The van der Waals surface area contributed by atoms with Crippen LogP contribution in [0.2, 0.25) is 0 Å². The van der Waals surface area contributed by atoms with E-state index in [1.54, 1.807) is 37.3 Å². The summed E-state index contributed by atoms with van der Waals surface area (Å²) in [5, 5.41) is 15.2. The number of nitrogens with zero attached hydrogens (tertiary/aromatic N) is 1. The first-order valence-corrected chi connectivity index (χ1v) is 13.1. The fraction of sp³-hybridized carbons (Fsp3) is 0.240. The summed E-state index contributed by atoms with van der Waals surface area (Å²) in [7, 11) is 0. The van der Waals surface area contributed by atoms with Crippen molar-refractivity contribution < 1.29 is 29.0 Å². The average molecular weight is 540 g/mol. The molecule has 5 rings (SSSR count). The van der Waals surface area contributed by atoms with Gasteiger partial charge in [-0.25, -0.2) is 4.79 Å². The molecule has 0 aliphatic carbocycles. The first-order valence-electron chi connectivity index (χ1n) is 11.4. The van der Waals surface area contributed by atoms with Gasteiger partial charge in [-0.2, -0.15) is 0 Å². The minimum absolute atomic E-state index is 0.0485. The molecular weight excluding hydrogens is 518 g/mol. The van der Waals surface area contributed by atoms with Crippen molar-refractivity contribution in [3.8, 4) is 5.75 Å². The Morgan fingerprint density at radius 3 is 2.51 bits per heavy atom. The first-order chi connectivity index (χ1) is 17.8. The molecule has 3 N–H and O–H groups in total. The number of hydrogen-bond donors (Lipinski definition) is 3. The number of anilines is 1. The van der Waals surface area contributed by atoms with Crippen LogP contribution in [0.4, 0.5) is 5.69 Å². The van der Waals surface area contributed by atoms with Crippen molar-refractivity contribution in [2.24, 2.45) is 5.92 Å². The Bertz CT molecular complexity index is 1480. The maximum atomic E-state index is 13.0. The lowest BCUT2D eigenvalue weighted by Crippen LogP contribution is -2.32. The lowest BCUT2D eigenvalue weighted by atomic mass is 9.82. The highest BCUT2D eigenvalue weighted by Crippen LogP contribution is 2.52. The number of aromatic hydroxyl groups is 1. The molecule has 10 nitrogen and oxygen atoms in total. The van der Waals surface area contributed by atoms with Gasteiger partial charge in [0.1, 0.15) is 17.5 Å². The molecule has 190 valence electrons. The SMILES string of the molecule is CCOC(=O)c1ccc(NC(=O)Cn2c3c(sc2=O)C(c2ccccc2O)C2C(=O)NC(=O)C2S3)cc1. The summed E-state index contributed by atoms with van der Waals surface area (Å²) in [6.07, 6.45) is 0. The maximum Gasteiger partial charge on any atom is 0.338 e. The molecule has 1 saturated heterocycles. The van der Waals surface area contributed by atoms with Crippen LogP contribution in [0.5, 0.6) is 5.75 Å². The highest BCUT2D eigenvalue weighted by molar-refractivity contribution is 8.00. The lowest BCUT2D eigenvalue weighted by Gasteiger charge is -2.31. The molecule has 3 heterocycles. The van der Waals surface area contributed by atoms with Crippen molar-refractivity contribution in [2.75, 3.05) is 11.9 Å². The molecule has 2 aliphatic rings. The lowest BCUT2D eigenvalue weighted by molar-refractivity contribution is -0.126. The molecule has 0 spiro atoms. The van der Waals surface area contributed by atoms with Gasteiger partial charge in [-0.3, -0.25) is 29.1 Å². The van der Waals surface area contributed by atoms with Crippen LogP contribution in [-0.4, -0.2) is 45.2 Å². The molecule has 1 aromatic heterocycles. The Morgan fingerprint density at radius 1 is 1.08 bits per heavy atom. The maximum absolute atomic E-state index is 13.0. The number of carbonyl (C=O) groups is 4. The normalized spacial score (nSPS) is 20.1. The third-order valence-electron chi connectivity index (χ3n) is 6.14. The molecule has 3 atom stereocenters. The van der Waals surface area contributed by atoms with Gasteiger partial charge in [0, 0.05) is 22.0 Å². The number of hydrogen-bond acceptors (Lipinski definition) is 9. The van der Waals surface area contributed by atoms with Gasteiger partial charge in [-0.1, -0.05) is 41.3 Å². The zero-order valence-electron chi connectivity index (χ0n) is 19.4. The third kappa shape index (κ3) is 4.53. The van der Waals surface area contributed by atoms with Crippen LogP contribution in [0, 0.1) is 5.92 Å². The molecule has 2 aliphatic heterocycles. The molecule has 3 unspecified atom stereocenters. The van der Waals surface area contributed by atoms with Gasteiger partial charge in [0.2, 0.25) is 17.7 Å². The van der Waals surface area contributed by atoms with Gasteiger partial charge in [0.25, 0.3) is 0 Å². The van der Waals surface area contributed by atoms with E-state index in [0.29, 0.717) is 26.7 Å². The summed E-state index contributed by atoms with van der Waals surface area (Å²) in [6.45, 7) is 1.63. The van der Waals surface area contributed by atoms with Crippen LogP contribution in [0.3, 0.4) is 0 Å². The topological polar surface area (TPSA) is 144 Å². The molecular formula is C25H21N3O7S2. The van der Waals surface area contributed by atoms with Crippen LogP contribution in [-0.2, 0) is 25.7 Å². The number of aromatic nitrogens is 1. The highest BCUT2D eigenvalue weighted by atomic mass is 32.2. The van der Waals surface area contributed by atoms with Gasteiger partial charge >= 0.3 is 10.8 Å². The number of esters is 1. The molecule has 2 aromatic carbocycles. The van der Waals surface area contributed by atoms with E-state index in [4.69, 9.17) is 4.74 Å². The standard InChI is InChI=1S/C25H21N3O7S2/c1-2-35-24(33)12-7-9-13(10-8-12)26-16(30)11-28-23-20(37-25(28)34)17(14-5-3-4-6-15(14)29)18-19(36-23)22(32)27-21(18)31/h3-10,17-19,29H,2,11H2,1H3,(H,26,30)(H,27,31,32). The van der Waals surface area contributed by atoms with E-state index in [1.807, 2.05) is 0 Å². The van der Waals surface area contributed by atoms with E-state index in [1.165, 1.54) is 22.8 Å². The van der Waals surface area contributed by atoms with Crippen molar-refractivity contribution in [2.45, 2.75) is 29.7 Å². The van der Waals surface area contributed by atoms with Crippen LogP contribution in [0.25, 0.3) is 0 Å². The largest absolute Gasteiger partial charge is 0.508 e. The number of rotatable bonds is 6. The average Bonchev–Trinajstić information content (AvgIpc) is 3.33. The van der Waals surface area contributed by atoms with Gasteiger partial charge in [-0.05, 0) is 37.3 Å². The highest BCUT2D eigenvalue weighted by Gasteiger charge is 2.53. The number of phenolic OH excluding ortho intramolecular Hbond substituents is 1. The number of carbonyl (C=O) groups excluding carboxylic acids is 4. The summed E-state index contributed by atoms with van der Waals surface area (Å²) in [5.74, 6) is -3.45. The molecule has 0 radical (unpaired) electrons. The zero-order valence-corrected chi connectivity index (χ0v) is 21.1. The second kappa shape index (κ2) is 9.87. The first kappa shape index (κ1) is 24.8. The monoisotopic (exact) mass is 539 g/mol. The smallest absolute Gasteiger partial charge is 0.338 e. The predicted octanol–water partition coefficient (Wildman–Crippen LogP) is 2.31. The second-order valence-electron chi connectivity index (χ2n) is 8.42. The number of fused-ring (bicyclic) bond motifs is 2. The Morgan fingerprint density at radius 2 is 1.81 bits per heavy atom. The van der Waals surface area contributed by atoms with Crippen molar-refractivity contribution in [1.82, 2.24) is 9.88 Å². The van der Waals surface area contributed by atoms with E-state index in [9.17, 15) is 29.1 Å². The van der Waals surface area contributed by atoms with E-state index < -0.39 is 45.6 Å². The van der Waals surface area contributed by atoms with Crippen molar-refractivity contribution in [3.63, 3.8) is 0 Å². The number of para-hydroxylation sites is 1. The van der Waals surface area contributed by atoms with Gasteiger partial charge in [-0.15, -0.1) is 0 Å². The van der Waals surface area contributed by atoms with E-state index in [2.05, 4.69) is 10.6 Å². The summed E-state index contributed by atoms with van der Waals surface area (Å²) in [5.41, 5.74) is 1.20. The van der Waals surface area contributed by atoms with Gasteiger partial charge < -0.3 is 15.2 Å². The minimum atomic E-state index is -0.802. The van der Waals surface area contributed by atoms with Crippen LogP contribution >= 0.6 is 23.1 Å². The zero-order chi connectivity index (χ0) is 26.3. The summed E-state index contributed by atoms with van der Waals surface area (Å²) in [4.78, 5) is 63.1. The number of thiazole rings is 1. The molecule has 1 fully saturated rings. The van der Waals surface area contributed by atoms with Gasteiger partial charge in [0.15, 0.2) is 0 Å². The quantitative estimate of drug-likeness (QED) is 0.320. The molecule has 12 heteroatoms. The Balaban J connectivity index is 1.44. The van der Waals surface area contributed by atoms with Gasteiger partial charge in [0.05, 0.1) is 23.1 Å². The number of thioether (sulfide) groups is 1. The molecule has 0 saturated carbocycles. The van der Waals surface area contributed by atoms with Crippen LogP contribution in [0.1, 0.15) is 33.6 Å².